The lowest BCUT2D eigenvalue weighted by molar-refractivity contribution is -0.132. The Morgan fingerprint density at radius 3 is 2.32 bits per heavy atom. The van der Waals surface area contributed by atoms with Crippen LogP contribution >= 0.6 is 27.5 Å². The maximum Gasteiger partial charge on any atom is 0.240 e. The zero-order valence-corrected chi connectivity index (χ0v) is 17.7. The SMILES string of the molecule is COc1ccc(N2C(=O)[C@@](C)(c3ccc(Cl)cc3)[C@H]2c2ccc(Br)cn2)cc1. The molecular weight excluding hydrogens is 440 g/mol. The van der Waals surface area contributed by atoms with Crippen LogP contribution in [0.4, 0.5) is 5.69 Å². The third-order valence-corrected chi connectivity index (χ3v) is 6.01. The van der Waals surface area contributed by atoms with Crippen LogP contribution in [0.1, 0.15) is 24.2 Å². The summed E-state index contributed by atoms with van der Waals surface area (Å²) in [6.45, 7) is 1.97. The van der Waals surface area contributed by atoms with Gasteiger partial charge in [-0.05, 0) is 76.9 Å². The van der Waals surface area contributed by atoms with Gasteiger partial charge in [0.1, 0.15) is 5.75 Å². The monoisotopic (exact) mass is 456 g/mol. The Bertz CT molecular complexity index is 1010. The molecule has 0 radical (unpaired) electrons. The molecule has 2 atom stereocenters. The van der Waals surface area contributed by atoms with E-state index < -0.39 is 5.41 Å². The first kappa shape index (κ1) is 19.0. The lowest BCUT2D eigenvalue weighted by Gasteiger charge is -2.54. The number of pyridine rings is 1. The summed E-state index contributed by atoms with van der Waals surface area (Å²) < 4.78 is 6.13. The predicted octanol–water partition coefficient (Wildman–Crippen LogP) is 5.55. The van der Waals surface area contributed by atoms with Crippen molar-refractivity contribution in [3.63, 3.8) is 0 Å². The third-order valence-electron chi connectivity index (χ3n) is 5.29. The first-order chi connectivity index (χ1) is 13.4. The van der Waals surface area contributed by atoms with Crippen molar-refractivity contribution in [3.8, 4) is 5.75 Å². The number of benzene rings is 2. The molecule has 28 heavy (non-hydrogen) atoms. The predicted molar refractivity (Wildman–Crippen MR) is 114 cm³/mol. The molecule has 0 unspecified atom stereocenters. The minimum absolute atomic E-state index is 0.0229. The van der Waals surface area contributed by atoms with Gasteiger partial charge in [-0.2, -0.15) is 0 Å². The summed E-state index contributed by atoms with van der Waals surface area (Å²) >= 11 is 9.49. The molecule has 6 heteroatoms. The fourth-order valence-corrected chi connectivity index (χ4v) is 4.10. The average molecular weight is 458 g/mol. The fraction of sp³-hybridized carbons (Fsp3) is 0.182. The highest BCUT2D eigenvalue weighted by molar-refractivity contribution is 9.10. The first-order valence-electron chi connectivity index (χ1n) is 8.80. The zero-order valence-electron chi connectivity index (χ0n) is 15.4. The summed E-state index contributed by atoms with van der Waals surface area (Å²) in [5, 5.41) is 0.643. The molecule has 1 aromatic heterocycles. The highest BCUT2D eigenvalue weighted by Crippen LogP contribution is 2.53. The average Bonchev–Trinajstić information content (AvgIpc) is 2.72. The number of rotatable bonds is 4. The third kappa shape index (κ3) is 2.99. The van der Waals surface area contributed by atoms with Crippen LogP contribution < -0.4 is 9.64 Å². The number of carbonyl (C=O) groups excluding carboxylic acids is 1. The van der Waals surface area contributed by atoms with Gasteiger partial charge in [0.2, 0.25) is 5.91 Å². The Balaban J connectivity index is 1.81. The molecule has 1 fully saturated rings. The largest absolute Gasteiger partial charge is 0.497 e. The van der Waals surface area contributed by atoms with E-state index in [2.05, 4.69) is 20.9 Å². The minimum atomic E-state index is -0.731. The van der Waals surface area contributed by atoms with Crippen LogP contribution in [-0.4, -0.2) is 18.0 Å². The van der Waals surface area contributed by atoms with Gasteiger partial charge in [0, 0.05) is 21.4 Å². The molecule has 2 heterocycles. The normalized spacial score (nSPS) is 21.4. The van der Waals surface area contributed by atoms with E-state index in [1.807, 2.05) is 67.6 Å². The van der Waals surface area contributed by atoms with Gasteiger partial charge in [-0.3, -0.25) is 9.78 Å². The maximum atomic E-state index is 13.4. The number of hydrogen-bond acceptors (Lipinski definition) is 3. The molecule has 0 saturated carbocycles. The standard InChI is InChI=1S/C22H18BrClN2O2/c1-22(14-3-6-16(24)7-4-14)20(19-12-5-15(23)13-25-19)26(21(22)27)17-8-10-18(28-2)11-9-17/h3-13,20H,1-2H3/t20-,22+/m1/s1. The summed E-state index contributed by atoms with van der Waals surface area (Å²) in [6.07, 6.45) is 1.76. The topological polar surface area (TPSA) is 42.4 Å². The van der Waals surface area contributed by atoms with Crippen molar-refractivity contribution in [2.75, 3.05) is 12.0 Å². The van der Waals surface area contributed by atoms with Crippen molar-refractivity contribution in [2.45, 2.75) is 18.4 Å². The lowest BCUT2D eigenvalue weighted by Crippen LogP contribution is -2.65. The van der Waals surface area contributed by atoms with Gasteiger partial charge >= 0.3 is 0 Å². The molecule has 4 nitrogen and oxygen atoms in total. The number of halogens is 2. The summed E-state index contributed by atoms with van der Waals surface area (Å²) in [4.78, 5) is 19.8. The number of ether oxygens (including phenoxy) is 1. The van der Waals surface area contributed by atoms with Gasteiger partial charge in [-0.1, -0.05) is 23.7 Å². The van der Waals surface area contributed by atoms with E-state index in [-0.39, 0.29) is 11.9 Å². The Kier molecular flexibility index (Phi) is 4.89. The van der Waals surface area contributed by atoms with Crippen molar-refractivity contribution in [1.29, 1.82) is 0 Å². The van der Waals surface area contributed by atoms with Crippen LogP contribution in [0.3, 0.4) is 0 Å². The highest BCUT2D eigenvalue weighted by Gasteiger charge is 2.60. The van der Waals surface area contributed by atoms with Gasteiger partial charge in [0.05, 0.1) is 24.3 Å². The second kappa shape index (κ2) is 7.22. The lowest BCUT2D eigenvalue weighted by atomic mass is 9.65. The molecule has 4 rings (SSSR count). The molecule has 2 aromatic carbocycles. The van der Waals surface area contributed by atoms with Crippen molar-refractivity contribution in [3.05, 3.63) is 87.6 Å². The molecule has 0 bridgehead atoms. The maximum absolute atomic E-state index is 13.4. The van der Waals surface area contributed by atoms with Crippen molar-refractivity contribution >= 4 is 39.1 Å². The number of carbonyl (C=O) groups is 1. The number of nitrogens with zero attached hydrogens (tertiary/aromatic N) is 2. The quantitative estimate of drug-likeness (QED) is 0.482. The first-order valence-corrected chi connectivity index (χ1v) is 9.97. The molecule has 1 aliphatic rings. The van der Waals surface area contributed by atoms with Crippen molar-refractivity contribution in [1.82, 2.24) is 4.98 Å². The van der Waals surface area contributed by atoms with E-state index in [1.165, 1.54) is 0 Å². The Hall–Kier alpha value is -2.37. The molecule has 0 N–H and O–H groups in total. The number of hydrogen-bond donors (Lipinski definition) is 0. The van der Waals surface area contributed by atoms with E-state index in [4.69, 9.17) is 16.3 Å². The van der Waals surface area contributed by atoms with Gasteiger partial charge in [-0.15, -0.1) is 0 Å². The molecule has 1 saturated heterocycles. The molecular formula is C22H18BrClN2O2. The molecule has 0 spiro atoms. The molecule has 1 amide bonds. The zero-order chi connectivity index (χ0) is 19.9. The summed E-state index contributed by atoms with van der Waals surface area (Å²) in [5.74, 6) is 0.769. The van der Waals surface area contributed by atoms with Crippen LogP contribution in [-0.2, 0) is 10.2 Å². The molecule has 0 aliphatic carbocycles. The van der Waals surface area contributed by atoms with E-state index in [0.29, 0.717) is 5.02 Å². The number of anilines is 1. The van der Waals surface area contributed by atoms with Crippen LogP contribution in [0.5, 0.6) is 5.75 Å². The molecule has 1 aliphatic heterocycles. The number of aromatic nitrogens is 1. The van der Waals surface area contributed by atoms with E-state index in [9.17, 15) is 4.79 Å². The van der Waals surface area contributed by atoms with Gasteiger partial charge < -0.3 is 9.64 Å². The summed E-state index contributed by atoms with van der Waals surface area (Å²) in [6, 6.07) is 18.6. The number of amides is 1. The van der Waals surface area contributed by atoms with Gasteiger partial charge in [0.25, 0.3) is 0 Å². The minimum Gasteiger partial charge on any atom is -0.497 e. The van der Waals surface area contributed by atoms with E-state index in [0.717, 1.165) is 27.2 Å². The van der Waals surface area contributed by atoms with Gasteiger partial charge in [-0.25, -0.2) is 0 Å². The van der Waals surface area contributed by atoms with Crippen molar-refractivity contribution in [2.24, 2.45) is 0 Å². The van der Waals surface area contributed by atoms with Crippen LogP contribution in [0.15, 0.2) is 71.3 Å². The number of methoxy groups -OCH3 is 1. The second-order valence-corrected chi connectivity index (χ2v) is 8.24. The number of β-lactam (4-membered cyclic amide) rings is 1. The fourth-order valence-electron chi connectivity index (χ4n) is 3.74. The molecule has 3 aromatic rings. The van der Waals surface area contributed by atoms with Crippen LogP contribution in [0.25, 0.3) is 0 Å². The smallest absolute Gasteiger partial charge is 0.240 e. The van der Waals surface area contributed by atoms with E-state index in [1.54, 1.807) is 18.2 Å². The Morgan fingerprint density at radius 2 is 1.75 bits per heavy atom. The van der Waals surface area contributed by atoms with E-state index >= 15 is 0 Å². The summed E-state index contributed by atoms with van der Waals surface area (Å²) in [5.41, 5.74) is 1.83. The van der Waals surface area contributed by atoms with Crippen molar-refractivity contribution < 1.29 is 9.53 Å². The van der Waals surface area contributed by atoms with Crippen LogP contribution in [0.2, 0.25) is 5.02 Å². The highest BCUT2D eigenvalue weighted by atomic mass is 79.9. The van der Waals surface area contributed by atoms with Gasteiger partial charge in [0.15, 0.2) is 0 Å². The molecule has 142 valence electrons. The Morgan fingerprint density at radius 1 is 1.07 bits per heavy atom. The second-order valence-electron chi connectivity index (χ2n) is 6.89. The Labute approximate surface area is 177 Å². The van der Waals surface area contributed by atoms with Crippen LogP contribution in [0, 0.1) is 0 Å². The summed E-state index contributed by atoms with van der Waals surface area (Å²) in [7, 11) is 1.62.